The summed E-state index contributed by atoms with van der Waals surface area (Å²) in [6.07, 6.45) is -2.63. The molecule has 1 N–H and O–H groups in total. The van der Waals surface area contributed by atoms with Crippen molar-refractivity contribution in [3.63, 3.8) is 0 Å². The van der Waals surface area contributed by atoms with Crippen LogP contribution in [0.3, 0.4) is 0 Å². The number of hydrazine groups is 1. The molecular weight excluding hydrogens is 307 g/mol. The Bertz CT molecular complexity index is 598. The van der Waals surface area contributed by atoms with Crippen molar-refractivity contribution in [2.75, 3.05) is 19.6 Å². The number of carbonyl (C=O) groups excluding carboxylic acids is 2. The van der Waals surface area contributed by atoms with Crippen LogP contribution < -0.4 is 5.43 Å². The van der Waals surface area contributed by atoms with E-state index in [0.717, 1.165) is 17.9 Å². The maximum Gasteiger partial charge on any atom is 0.406 e. The highest BCUT2D eigenvalue weighted by molar-refractivity contribution is 5.91. The Kier molecular flexibility index (Phi) is 3.41. The zero-order valence-corrected chi connectivity index (χ0v) is 11.3. The second-order valence-corrected chi connectivity index (χ2v) is 5.14. The summed E-state index contributed by atoms with van der Waals surface area (Å²) >= 11 is 0. The first kappa shape index (κ1) is 14.6. The van der Waals surface area contributed by atoms with Crippen molar-refractivity contribution in [1.82, 2.24) is 25.5 Å². The van der Waals surface area contributed by atoms with E-state index in [0.29, 0.717) is 10.7 Å². The van der Waals surface area contributed by atoms with Crippen LogP contribution in [0.25, 0.3) is 0 Å². The molecule has 8 nitrogen and oxygen atoms in total. The Morgan fingerprint density at radius 3 is 2.73 bits per heavy atom. The zero-order valence-electron chi connectivity index (χ0n) is 11.3. The summed E-state index contributed by atoms with van der Waals surface area (Å²) in [5.41, 5.74) is 2.17. The van der Waals surface area contributed by atoms with Gasteiger partial charge in [0, 0.05) is 12.5 Å². The molecule has 3 amide bonds. The molecule has 0 bridgehead atoms. The molecule has 0 spiro atoms. The van der Waals surface area contributed by atoms with Crippen molar-refractivity contribution < 1.29 is 27.3 Å². The molecule has 11 heteroatoms. The first-order chi connectivity index (χ1) is 10.3. The molecule has 0 aromatic carbocycles. The third-order valence-corrected chi connectivity index (χ3v) is 3.28. The molecule has 1 saturated heterocycles. The SMILES string of the molecule is O=C(NN1CCN(CC(F)(F)F)C1=O)c1nc(C2CC2)no1. The van der Waals surface area contributed by atoms with Gasteiger partial charge in [0.1, 0.15) is 6.54 Å². The molecule has 0 atom stereocenters. The van der Waals surface area contributed by atoms with Crippen molar-refractivity contribution in [3.8, 4) is 0 Å². The summed E-state index contributed by atoms with van der Waals surface area (Å²) in [7, 11) is 0. The Labute approximate surface area is 122 Å². The molecule has 1 aromatic rings. The molecule has 0 radical (unpaired) electrons. The molecule has 3 rings (SSSR count). The number of hydrogen-bond acceptors (Lipinski definition) is 5. The number of aromatic nitrogens is 2. The summed E-state index contributed by atoms with van der Waals surface area (Å²) in [4.78, 5) is 28.1. The van der Waals surface area contributed by atoms with Gasteiger partial charge < -0.3 is 9.42 Å². The smallest absolute Gasteiger partial charge is 0.328 e. The van der Waals surface area contributed by atoms with E-state index in [9.17, 15) is 22.8 Å². The van der Waals surface area contributed by atoms with E-state index in [1.165, 1.54) is 0 Å². The molecule has 1 aliphatic carbocycles. The van der Waals surface area contributed by atoms with Gasteiger partial charge in [0.2, 0.25) is 0 Å². The van der Waals surface area contributed by atoms with Gasteiger partial charge in [0.15, 0.2) is 5.82 Å². The van der Waals surface area contributed by atoms with Crippen LogP contribution in [0.2, 0.25) is 0 Å². The van der Waals surface area contributed by atoms with Gasteiger partial charge in [-0.2, -0.15) is 18.2 Å². The Balaban J connectivity index is 1.58. The lowest BCUT2D eigenvalue weighted by Crippen LogP contribution is -2.46. The largest absolute Gasteiger partial charge is 0.406 e. The zero-order chi connectivity index (χ0) is 15.9. The van der Waals surface area contributed by atoms with Crippen molar-refractivity contribution in [2.45, 2.75) is 24.9 Å². The van der Waals surface area contributed by atoms with E-state index in [1.807, 2.05) is 0 Å². The standard InChI is InChI=1S/C11H12F3N5O3/c12-11(13,14)5-18-3-4-19(10(18)21)16-8(20)9-15-7(17-22-9)6-1-2-6/h6H,1-5H2,(H,16,20). The number of nitrogens with one attached hydrogen (secondary N) is 1. The predicted octanol–water partition coefficient (Wildman–Crippen LogP) is 0.892. The lowest BCUT2D eigenvalue weighted by Gasteiger charge is -2.19. The van der Waals surface area contributed by atoms with Crippen LogP contribution in [-0.4, -0.2) is 57.8 Å². The van der Waals surface area contributed by atoms with Crippen LogP contribution in [-0.2, 0) is 0 Å². The molecule has 2 fully saturated rings. The first-order valence-electron chi connectivity index (χ1n) is 6.61. The fourth-order valence-electron chi connectivity index (χ4n) is 2.05. The quantitative estimate of drug-likeness (QED) is 0.890. The van der Waals surface area contributed by atoms with Crippen LogP contribution in [0.1, 0.15) is 35.3 Å². The van der Waals surface area contributed by atoms with Crippen molar-refractivity contribution in [3.05, 3.63) is 11.7 Å². The summed E-state index contributed by atoms with van der Waals surface area (Å²) in [5, 5.41) is 4.45. The number of nitrogens with zero attached hydrogens (tertiary/aromatic N) is 4. The average molecular weight is 319 g/mol. The molecule has 2 heterocycles. The molecule has 120 valence electrons. The minimum absolute atomic E-state index is 0.0513. The maximum absolute atomic E-state index is 12.3. The van der Waals surface area contributed by atoms with Gasteiger partial charge in [-0.1, -0.05) is 5.16 Å². The normalized spacial score (nSPS) is 19.0. The number of rotatable bonds is 4. The van der Waals surface area contributed by atoms with Gasteiger partial charge in [-0.25, -0.2) is 9.80 Å². The first-order valence-corrected chi connectivity index (χ1v) is 6.61. The number of urea groups is 1. The third-order valence-electron chi connectivity index (χ3n) is 3.28. The van der Waals surface area contributed by atoms with Gasteiger partial charge in [-0.15, -0.1) is 0 Å². The van der Waals surface area contributed by atoms with E-state index in [-0.39, 0.29) is 24.9 Å². The number of halogens is 3. The molecule has 1 saturated carbocycles. The van der Waals surface area contributed by atoms with E-state index < -0.39 is 24.7 Å². The molecule has 0 unspecified atom stereocenters. The Hall–Kier alpha value is -2.33. The van der Waals surface area contributed by atoms with Crippen molar-refractivity contribution in [2.24, 2.45) is 0 Å². The highest BCUT2D eigenvalue weighted by Crippen LogP contribution is 2.38. The van der Waals surface area contributed by atoms with Gasteiger partial charge >= 0.3 is 24.0 Å². The monoisotopic (exact) mass is 319 g/mol. The van der Waals surface area contributed by atoms with Gasteiger partial charge in [0.25, 0.3) is 0 Å². The van der Waals surface area contributed by atoms with Crippen LogP contribution in [0.4, 0.5) is 18.0 Å². The lowest BCUT2D eigenvalue weighted by atomic mass is 10.4. The maximum atomic E-state index is 12.3. The van der Waals surface area contributed by atoms with Crippen molar-refractivity contribution in [1.29, 1.82) is 0 Å². The lowest BCUT2D eigenvalue weighted by molar-refractivity contribution is -0.138. The van der Waals surface area contributed by atoms with E-state index in [2.05, 4.69) is 15.6 Å². The predicted molar refractivity (Wildman–Crippen MR) is 63.5 cm³/mol. The summed E-state index contributed by atoms with van der Waals surface area (Å²) in [6.45, 7) is -1.54. The highest BCUT2D eigenvalue weighted by Gasteiger charge is 2.39. The number of alkyl halides is 3. The number of carbonyl (C=O) groups is 2. The average Bonchev–Trinajstić information content (AvgIpc) is 3.07. The highest BCUT2D eigenvalue weighted by atomic mass is 19.4. The van der Waals surface area contributed by atoms with Crippen LogP contribution >= 0.6 is 0 Å². The van der Waals surface area contributed by atoms with E-state index in [1.54, 1.807) is 0 Å². The second-order valence-electron chi connectivity index (χ2n) is 5.14. The van der Waals surface area contributed by atoms with Crippen LogP contribution in [0, 0.1) is 0 Å². The van der Waals surface area contributed by atoms with Crippen molar-refractivity contribution >= 4 is 11.9 Å². The van der Waals surface area contributed by atoms with E-state index >= 15 is 0 Å². The van der Waals surface area contributed by atoms with Gasteiger partial charge in [-0.3, -0.25) is 10.2 Å². The molecule has 1 aliphatic heterocycles. The molecule has 22 heavy (non-hydrogen) atoms. The van der Waals surface area contributed by atoms with Crippen LogP contribution in [0.15, 0.2) is 4.52 Å². The summed E-state index contributed by atoms with van der Waals surface area (Å²) in [6, 6.07) is -0.924. The topological polar surface area (TPSA) is 91.6 Å². The minimum atomic E-state index is -4.48. The Morgan fingerprint density at radius 2 is 2.09 bits per heavy atom. The molecule has 2 aliphatic rings. The summed E-state index contributed by atoms with van der Waals surface area (Å²) in [5.74, 6) is -0.511. The third kappa shape index (κ3) is 3.12. The Morgan fingerprint density at radius 1 is 1.36 bits per heavy atom. The fraction of sp³-hybridized carbons (Fsp3) is 0.636. The fourth-order valence-corrected chi connectivity index (χ4v) is 2.05. The van der Waals surface area contributed by atoms with Gasteiger partial charge in [0.05, 0.1) is 6.54 Å². The second kappa shape index (κ2) is 5.14. The minimum Gasteiger partial charge on any atom is -0.328 e. The number of amides is 3. The van der Waals surface area contributed by atoms with Crippen LogP contribution in [0.5, 0.6) is 0 Å². The summed E-state index contributed by atoms with van der Waals surface area (Å²) < 4.78 is 41.6. The molecule has 1 aromatic heterocycles. The molecular formula is C11H12F3N5O3. The van der Waals surface area contributed by atoms with Gasteiger partial charge in [-0.05, 0) is 12.8 Å². The number of hydrogen-bond donors (Lipinski definition) is 1. The van der Waals surface area contributed by atoms with E-state index in [4.69, 9.17) is 4.52 Å².